The SMILES string of the molecule is CCOc1ccc(C(=O)COC(=O)[C@H]2CC(=O)N(Cc3ccccc3Cl)C2)cc1. The highest BCUT2D eigenvalue weighted by atomic mass is 35.5. The number of amides is 1. The van der Waals surface area contributed by atoms with Gasteiger partial charge in [-0.2, -0.15) is 0 Å². The normalized spacial score (nSPS) is 16.0. The Morgan fingerprint density at radius 3 is 2.55 bits per heavy atom. The van der Waals surface area contributed by atoms with Gasteiger partial charge in [0.1, 0.15) is 5.75 Å². The Hall–Kier alpha value is -2.86. The molecule has 0 spiro atoms. The third-order valence-electron chi connectivity index (χ3n) is 4.70. The number of carbonyl (C=O) groups excluding carboxylic acids is 3. The van der Waals surface area contributed by atoms with Crippen molar-refractivity contribution in [2.75, 3.05) is 19.8 Å². The quantitative estimate of drug-likeness (QED) is 0.487. The van der Waals surface area contributed by atoms with Gasteiger partial charge in [0.25, 0.3) is 0 Å². The van der Waals surface area contributed by atoms with E-state index in [0.717, 1.165) is 5.56 Å². The summed E-state index contributed by atoms with van der Waals surface area (Å²) < 4.78 is 10.5. The number of hydrogen-bond donors (Lipinski definition) is 0. The van der Waals surface area contributed by atoms with Crippen molar-refractivity contribution in [3.05, 3.63) is 64.7 Å². The summed E-state index contributed by atoms with van der Waals surface area (Å²) in [4.78, 5) is 38.4. The maximum atomic E-state index is 12.3. The number of ketones is 1. The van der Waals surface area contributed by atoms with Crippen LogP contribution in [0.3, 0.4) is 0 Å². The fourth-order valence-corrected chi connectivity index (χ4v) is 3.35. The Balaban J connectivity index is 1.51. The van der Waals surface area contributed by atoms with E-state index in [9.17, 15) is 14.4 Å². The van der Waals surface area contributed by atoms with Gasteiger partial charge in [0.15, 0.2) is 12.4 Å². The highest BCUT2D eigenvalue weighted by Crippen LogP contribution is 2.24. The standard InChI is InChI=1S/C22H22ClNO5/c1-2-28-18-9-7-15(8-10-18)20(25)14-29-22(27)17-11-21(26)24(13-17)12-16-5-3-4-6-19(16)23/h3-10,17H,2,11-14H2,1H3/t17-/m0/s1. The van der Waals surface area contributed by atoms with Crippen molar-refractivity contribution in [3.8, 4) is 5.75 Å². The molecule has 0 aromatic heterocycles. The van der Waals surface area contributed by atoms with Gasteiger partial charge in [-0.15, -0.1) is 0 Å². The second-order valence-corrected chi connectivity index (χ2v) is 7.16. The first-order valence-corrected chi connectivity index (χ1v) is 9.79. The minimum Gasteiger partial charge on any atom is -0.494 e. The van der Waals surface area contributed by atoms with E-state index < -0.39 is 11.9 Å². The minimum atomic E-state index is -0.585. The lowest BCUT2D eigenvalue weighted by atomic mass is 10.1. The summed E-state index contributed by atoms with van der Waals surface area (Å²) in [5, 5.41) is 0.576. The molecular formula is C22H22ClNO5. The summed E-state index contributed by atoms with van der Waals surface area (Å²) >= 11 is 6.14. The average Bonchev–Trinajstić information content (AvgIpc) is 3.09. The van der Waals surface area contributed by atoms with E-state index in [4.69, 9.17) is 21.1 Å². The Labute approximate surface area is 174 Å². The van der Waals surface area contributed by atoms with Gasteiger partial charge in [0.05, 0.1) is 12.5 Å². The molecule has 1 atom stereocenters. The molecule has 0 N–H and O–H groups in total. The number of benzene rings is 2. The van der Waals surface area contributed by atoms with Gasteiger partial charge in [-0.1, -0.05) is 29.8 Å². The van der Waals surface area contributed by atoms with Gasteiger partial charge in [0, 0.05) is 30.1 Å². The van der Waals surface area contributed by atoms with E-state index in [-0.39, 0.29) is 31.3 Å². The van der Waals surface area contributed by atoms with Crippen LogP contribution >= 0.6 is 11.6 Å². The lowest BCUT2D eigenvalue weighted by Gasteiger charge is -2.17. The highest BCUT2D eigenvalue weighted by Gasteiger charge is 2.35. The largest absolute Gasteiger partial charge is 0.494 e. The maximum absolute atomic E-state index is 12.3. The summed E-state index contributed by atoms with van der Waals surface area (Å²) in [6.45, 7) is 2.65. The summed E-state index contributed by atoms with van der Waals surface area (Å²) in [6.07, 6.45) is 0.0700. The lowest BCUT2D eigenvalue weighted by Crippen LogP contribution is -2.27. The Bertz CT molecular complexity index is 896. The first kappa shape index (κ1) is 20.9. The van der Waals surface area contributed by atoms with Crippen molar-refractivity contribution in [1.29, 1.82) is 0 Å². The zero-order chi connectivity index (χ0) is 20.8. The van der Waals surface area contributed by atoms with Gasteiger partial charge < -0.3 is 14.4 Å². The molecule has 29 heavy (non-hydrogen) atoms. The molecule has 1 aliphatic rings. The number of likely N-dealkylation sites (tertiary alicyclic amines) is 1. The van der Waals surface area contributed by atoms with Gasteiger partial charge in [-0.05, 0) is 42.8 Å². The van der Waals surface area contributed by atoms with E-state index in [1.807, 2.05) is 25.1 Å². The highest BCUT2D eigenvalue weighted by molar-refractivity contribution is 6.31. The predicted octanol–water partition coefficient (Wildman–Crippen LogP) is 3.51. The lowest BCUT2D eigenvalue weighted by molar-refractivity contribution is -0.147. The van der Waals surface area contributed by atoms with E-state index in [2.05, 4.69) is 0 Å². The number of rotatable bonds is 8. The molecule has 0 bridgehead atoms. The molecule has 2 aromatic rings. The van der Waals surface area contributed by atoms with Crippen LogP contribution < -0.4 is 4.74 Å². The first-order chi connectivity index (χ1) is 14.0. The molecule has 1 aliphatic heterocycles. The summed E-state index contributed by atoms with van der Waals surface area (Å²) in [6, 6.07) is 13.9. The molecule has 0 unspecified atom stereocenters. The summed E-state index contributed by atoms with van der Waals surface area (Å²) in [5.41, 5.74) is 1.26. The third-order valence-corrected chi connectivity index (χ3v) is 5.07. The topological polar surface area (TPSA) is 72.9 Å². The number of nitrogens with zero attached hydrogens (tertiary/aromatic N) is 1. The molecule has 3 rings (SSSR count). The van der Waals surface area contributed by atoms with Crippen LogP contribution in [0.1, 0.15) is 29.3 Å². The van der Waals surface area contributed by atoms with Crippen molar-refractivity contribution < 1.29 is 23.9 Å². The molecule has 0 aliphatic carbocycles. The molecule has 6 nitrogen and oxygen atoms in total. The number of esters is 1. The van der Waals surface area contributed by atoms with E-state index >= 15 is 0 Å². The van der Waals surface area contributed by atoms with Crippen molar-refractivity contribution in [3.63, 3.8) is 0 Å². The van der Waals surface area contributed by atoms with Gasteiger partial charge in [-0.25, -0.2) is 0 Å². The molecule has 7 heteroatoms. The zero-order valence-corrected chi connectivity index (χ0v) is 16.9. The van der Waals surface area contributed by atoms with Crippen molar-refractivity contribution in [1.82, 2.24) is 4.90 Å². The van der Waals surface area contributed by atoms with Crippen molar-refractivity contribution in [2.24, 2.45) is 5.92 Å². The van der Waals surface area contributed by atoms with Crippen molar-refractivity contribution >= 4 is 29.3 Å². The van der Waals surface area contributed by atoms with Crippen LogP contribution in [0.15, 0.2) is 48.5 Å². The van der Waals surface area contributed by atoms with Crippen LogP contribution in [0.25, 0.3) is 0 Å². The van der Waals surface area contributed by atoms with Gasteiger partial charge in [-0.3, -0.25) is 14.4 Å². The first-order valence-electron chi connectivity index (χ1n) is 9.41. The second-order valence-electron chi connectivity index (χ2n) is 6.75. The summed E-state index contributed by atoms with van der Waals surface area (Å²) in [5.74, 6) is -0.898. The van der Waals surface area contributed by atoms with Crippen LogP contribution in [0.5, 0.6) is 5.75 Å². The van der Waals surface area contributed by atoms with Crippen LogP contribution in [0, 0.1) is 5.92 Å². The maximum Gasteiger partial charge on any atom is 0.311 e. The van der Waals surface area contributed by atoms with Crippen LogP contribution in [0.4, 0.5) is 0 Å². The van der Waals surface area contributed by atoms with E-state index in [1.165, 1.54) is 0 Å². The number of halogens is 1. The summed E-state index contributed by atoms with van der Waals surface area (Å²) in [7, 11) is 0. The smallest absolute Gasteiger partial charge is 0.311 e. The number of carbonyl (C=O) groups is 3. The third kappa shape index (κ3) is 5.35. The molecule has 0 saturated carbocycles. The average molecular weight is 416 g/mol. The molecule has 1 fully saturated rings. The monoisotopic (exact) mass is 415 g/mol. The Kier molecular flexibility index (Phi) is 6.88. The Morgan fingerprint density at radius 1 is 1.14 bits per heavy atom. The number of ether oxygens (including phenoxy) is 2. The van der Waals surface area contributed by atoms with Crippen LogP contribution in [-0.2, 0) is 20.9 Å². The molecule has 1 saturated heterocycles. The van der Waals surface area contributed by atoms with E-state index in [1.54, 1.807) is 35.2 Å². The minimum absolute atomic E-state index is 0.0700. The fourth-order valence-electron chi connectivity index (χ4n) is 3.16. The van der Waals surface area contributed by atoms with Crippen molar-refractivity contribution in [2.45, 2.75) is 19.9 Å². The molecule has 1 heterocycles. The van der Waals surface area contributed by atoms with Gasteiger partial charge in [0.2, 0.25) is 5.91 Å². The second kappa shape index (κ2) is 9.56. The molecule has 0 radical (unpaired) electrons. The number of hydrogen-bond acceptors (Lipinski definition) is 5. The number of Topliss-reactive ketones (excluding diaryl/α,β-unsaturated/α-hetero) is 1. The predicted molar refractivity (Wildman–Crippen MR) is 108 cm³/mol. The van der Waals surface area contributed by atoms with Crippen LogP contribution in [0.2, 0.25) is 5.02 Å². The Morgan fingerprint density at radius 2 is 1.86 bits per heavy atom. The van der Waals surface area contributed by atoms with Gasteiger partial charge >= 0.3 is 5.97 Å². The molecule has 2 aromatic carbocycles. The molecular weight excluding hydrogens is 394 g/mol. The van der Waals surface area contributed by atoms with E-state index in [0.29, 0.717) is 29.5 Å². The zero-order valence-electron chi connectivity index (χ0n) is 16.1. The molecule has 1 amide bonds. The van der Waals surface area contributed by atoms with Crippen LogP contribution in [-0.4, -0.2) is 42.3 Å². The molecule has 152 valence electrons. The fraction of sp³-hybridized carbons (Fsp3) is 0.318.